The lowest BCUT2D eigenvalue weighted by atomic mass is 10.1. The fourth-order valence-electron chi connectivity index (χ4n) is 2.80. The van der Waals surface area contributed by atoms with Crippen LogP contribution in [-0.2, 0) is 0 Å². The molecule has 3 atom stereocenters. The number of hydrogen-bond donors (Lipinski definition) is 0. The molecule has 0 saturated heterocycles. The predicted octanol–water partition coefficient (Wildman–Crippen LogP) is 3.39. The lowest BCUT2D eigenvalue weighted by Crippen LogP contribution is -1.85. The van der Waals surface area contributed by atoms with Crippen molar-refractivity contribution in [3.63, 3.8) is 0 Å². The van der Waals surface area contributed by atoms with Gasteiger partial charge in [-0.2, -0.15) is 0 Å². The molecule has 0 radical (unpaired) electrons. The third kappa shape index (κ3) is 1.36. The third-order valence-corrected chi connectivity index (χ3v) is 3.48. The van der Waals surface area contributed by atoms with Crippen molar-refractivity contribution >= 4 is 0 Å². The Balaban J connectivity index is 1.91. The minimum absolute atomic E-state index is 1.11. The Bertz CT molecular complexity index is 141. The van der Waals surface area contributed by atoms with Gasteiger partial charge in [-0.3, -0.25) is 0 Å². The predicted molar refractivity (Wildman–Crippen MR) is 48.4 cm³/mol. The van der Waals surface area contributed by atoms with Crippen molar-refractivity contribution in [1.82, 2.24) is 0 Å². The van der Waals surface area contributed by atoms with Gasteiger partial charge in [0.25, 0.3) is 0 Å². The molecule has 11 heavy (non-hydrogen) atoms. The number of fused-ring (bicyclic) bond motifs is 1. The molecule has 0 heterocycles. The first kappa shape index (κ1) is 7.39. The van der Waals surface area contributed by atoms with Gasteiger partial charge in [-0.25, -0.2) is 0 Å². The van der Waals surface area contributed by atoms with Crippen LogP contribution in [0.2, 0.25) is 0 Å². The Morgan fingerprint density at radius 3 is 2.09 bits per heavy atom. The van der Waals surface area contributed by atoms with Gasteiger partial charge in [-0.05, 0) is 43.4 Å². The summed E-state index contributed by atoms with van der Waals surface area (Å²) in [6.45, 7) is 2.35. The highest BCUT2D eigenvalue weighted by Crippen LogP contribution is 2.54. The molecular formula is C11H18. The lowest BCUT2D eigenvalue weighted by molar-refractivity contribution is 0.605. The van der Waals surface area contributed by atoms with Crippen molar-refractivity contribution in [3.05, 3.63) is 12.2 Å². The van der Waals surface area contributed by atoms with E-state index in [1.807, 2.05) is 0 Å². The molecule has 1 unspecified atom stereocenters. The van der Waals surface area contributed by atoms with Crippen LogP contribution < -0.4 is 0 Å². The molecule has 0 amide bonds. The van der Waals surface area contributed by atoms with E-state index in [0.717, 1.165) is 17.8 Å². The van der Waals surface area contributed by atoms with E-state index in [9.17, 15) is 0 Å². The number of hydrogen-bond acceptors (Lipinski definition) is 0. The summed E-state index contributed by atoms with van der Waals surface area (Å²) >= 11 is 0. The summed E-state index contributed by atoms with van der Waals surface area (Å²) in [6, 6.07) is 0. The average Bonchev–Trinajstić information content (AvgIpc) is 2.60. The lowest BCUT2D eigenvalue weighted by Gasteiger charge is -1.99. The molecule has 62 valence electrons. The van der Waals surface area contributed by atoms with E-state index in [-0.39, 0.29) is 0 Å². The Morgan fingerprint density at radius 1 is 1.09 bits per heavy atom. The Morgan fingerprint density at radius 2 is 1.64 bits per heavy atom. The molecule has 2 aliphatic rings. The van der Waals surface area contributed by atoms with Crippen LogP contribution in [0.25, 0.3) is 0 Å². The largest absolute Gasteiger partial charge is 0.0885 e. The summed E-state index contributed by atoms with van der Waals surface area (Å²) < 4.78 is 0. The van der Waals surface area contributed by atoms with Crippen molar-refractivity contribution < 1.29 is 0 Å². The topological polar surface area (TPSA) is 0 Å². The molecule has 2 rings (SSSR count). The smallest absolute Gasteiger partial charge is 0.0348 e. The van der Waals surface area contributed by atoms with Gasteiger partial charge in [0.05, 0.1) is 0 Å². The molecule has 1 saturated carbocycles. The van der Waals surface area contributed by atoms with Crippen LogP contribution in [0.1, 0.15) is 39.0 Å². The normalized spacial score (nSPS) is 45.4. The van der Waals surface area contributed by atoms with Crippen molar-refractivity contribution in [3.8, 4) is 0 Å². The summed E-state index contributed by atoms with van der Waals surface area (Å²) in [4.78, 5) is 0. The monoisotopic (exact) mass is 150 g/mol. The van der Waals surface area contributed by atoms with E-state index in [0.29, 0.717) is 0 Å². The van der Waals surface area contributed by atoms with E-state index in [4.69, 9.17) is 0 Å². The minimum Gasteiger partial charge on any atom is -0.0885 e. The van der Waals surface area contributed by atoms with Crippen LogP contribution >= 0.6 is 0 Å². The first-order valence-electron chi connectivity index (χ1n) is 5.08. The molecule has 0 nitrogen and oxygen atoms in total. The Kier molecular flexibility index (Phi) is 2.02. The van der Waals surface area contributed by atoms with Crippen molar-refractivity contribution in [2.75, 3.05) is 0 Å². The van der Waals surface area contributed by atoms with Crippen LogP contribution in [0, 0.1) is 17.8 Å². The SMILES string of the molecule is CCC1[C@H]2CC/C=C\CC[C@@H]12. The van der Waals surface area contributed by atoms with E-state index in [2.05, 4.69) is 19.1 Å². The second kappa shape index (κ2) is 3.00. The van der Waals surface area contributed by atoms with Crippen LogP contribution in [0.4, 0.5) is 0 Å². The maximum atomic E-state index is 2.38. The summed E-state index contributed by atoms with van der Waals surface area (Å²) in [5.74, 6) is 3.34. The Labute approximate surface area is 69.7 Å². The molecule has 0 spiro atoms. The van der Waals surface area contributed by atoms with Gasteiger partial charge < -0.3 is 0 Å². The van der Waals surface area contributed by atoms with E-state index in [1.165, 1.54) is 32.1 Å². The molecule has 0 aromatic rings. The average molecular weight is 150 g/mol. The standard InChI is InChI=1S/C11H18/c1-2-9-10-7-5-3-4-6-8-11(9)10/h3-4,9-11H,2,5-8H2,1H3/b4-3-/t9?,10-,11+. The molecule has 0 aromatic carbocycles. The van der Waals surface area contributed by atoms with Crippen molar-refractivity contribution in [2.45, 2.75) is 39.0 Å². The second-order valence-corrected chi connectivity index (χ2v) is 4.03. The van der Waals surface area contributed by atoms with Gasteiger partial charge in [-0.1, -0.05) is 25.5 Å². The van der Waals surface area contributed by atoms with Crippen molar-refractivity contribution in [2.24, 2.45) is 17.8 Å². The van der Waals surface area contributed by atoms with Gasteiger partial charge in [0, 0.05) is 0 Å². The zero-order chi connectivity index (χ0) is 7.68. The molecule has 0 heteroatoms. The molecular weight excluding hydrogens is 132 g/mol. The quantitative estimate of drug-likeness (QED) is 0.503. The van der Waals surface area contributed by atoms with E-state index in [1.54, 1.807) is 0 Å². The molecule has 1 fully saturated rings. The minimum atomic E-state index is 1.11. The molecule has 0 aromatic heterocycles. The first-order chi connectivity index (χ1) is 5.43. The summed E-state index contributed by atoms with van der Waals surface area (Å²) in [5.41, 5.74) is 0. The Hall–Kier alpha value is -0.260. The highest BCUT2D eigenvalue weighted by Gasteiger charge is 2.46. The molecule has 0 bridgehead atoms. The third-order valence-electron chi connectivity index (χ3n) is 3.48. The molecule has 0 aliphatic heterocycles. The van der Waals surface area contributed by atoms with Crippen LogP contribution in [0.15, 0.2) is 12.2 Å². The number of allylic oxidation sites excluding steroid dienone is 2. The van der Waals surface area contributed by atoms with Gasteiger partial charge >= 0.3 is 0 Å². The zero-order valence-electron chi connectivity index (χ0n) is 7.42. The van der Waals surface area contributed by atoms with Crippen LogP contribution in [0.5, 0.6) is 0 Å². The fraction of sp³-hybridized carbons (Fsp3) is 0.818. The van der Waals surface area contributed by atoms with Crippen LogP contribution in [0.3, 0.4) is 0 Å². The molecule has 2 aliphatic carbocycles. The van der Waals surface area contributed by atoms with Gasteiger partial charge in [0.2, 0.25) is 0 Å². The first-order valence-corrected chi connectivity index (χ1v) is 5.08. The van der Waals surface area contributed by atoms with Gasteiger partial charge in [0.1, 0.15) is 0 Å². The van der Waals surface area contributed by atoms with Crippen LogP contribution in [-0.4, -0.2) is 0 Å². The summed E-state index contributed by atoms with van der Waals surface area (Å²) in [5, 5.41) is 0. The highest BCUT2D eigenvalue weighted by molar-refractivity contribution is 5.00. The highest BCUT2D eigenvalue weighted by atomic mass is 14.5. The maximum absolute atomic E-state index is 2.38. The maximum Gasteiger partial charge on any atom is -0.0348 e. The number of rotatable bonds is 1. The van der Waals surface area contributed by atoms with E-state index < -0.39 is 0 Å². The van der Waals surface area contributed by atoms with Gasteiger partial charge in [0.15, 0.2) is 0 Å². The fourth-order valence-corrected chi connectivity index (χ4v) is 2.80. The van der Waals surface area contributed by atoms with Gasteiger partial charge in [-0.15, -0.1) is 0 Å². The van der Waals surface area contributed by atoms with E-state index >= 15 is 0 Å². The summed E-state index contributed by atoms with van der Waals surface area (Å²) in [7, 11) is 0. The zero-order valence-corrected chi connectivity index (χ0v) is 7.42. The summed E-state index contributed by atoms with van der Waals surface area (Å²) in [6.07, 6.45) is 11.8. The molecule has 0 N–H and O–H groups in total. The van der Waals surface area contributed by atoms with Crippen molar-refractivity contribution in [1.29, 1.82) is 0 Å². The second-order valence-electron chi connectivity index (χ2n) is 4.03.